The lowest BCUT2D eigenvalue weighted by Crippen LogP contribution is -2.32. The van der Waals surface area contributed by atoms with E-state index in [9.17, 15) is 13.2 Å². The van der Waals surface area contributed by atoms with Crippen molar-refractivity contribution in [3.63, 3.8) is 0 Å². The van der Waals surface area contributed by atoms with Gasteiger partial charge in [0.2, 0.25) is 0 Å². The number of aromatic nitrogens is 2. The topological polar surface area (TPSA) is 44.0 Å². The lowest BCUT2D eigenvalue weighted by Gasteiger charge is -2.23. The van der Waals surface area contributed by atoms with Gasteiger partial charge in [-0.05, 0) is 30.2 Å². The summed E-state index contributed by atoms with van der Waals surface area (Å²) in [6, 6.07) is 7.91. The van der Waals surface area contributed by atoms with Crippen molar-refractivity contribution >= 4 is 16.6 Å². The zero-order valence-electron chi connectivity index (χ0n) is 14.1. The van der Waals surface area contributed by atoms with Crippen molar-refractivity contribution in [2.24, 2.45) is 0 Å². The molecule has 3 heterocycles. The number of halogens is 3. The van der Waals surface area contributed by atoms with Crippen LogP contribution in [0.1, 0.15) is 17.5 Å². The van der Waals surface area contributed by atoms with E-state index in [-0.39, 0.29) is 11.7 Å². The Kier molecular flexibility index (Phi) is 4.32. The van der Waals surface area contributed by atoms with Crippen molar-refractivity contribution in [1.82, 2.24) is 15.3 Å². The first-order chi connectivity index (χ1) is 12.5. The van der Waals surface area contributed by atoms with Crippen LogP contribution in [0.5, 0.6) is 0 Å². The van der Waals surface area contributed by atoms with Crippen LogP contribution in [0.2, 0.25) is 0 Å². The molecule has 26 heavy (non-hydrogen) atoms. The smallest absolute Gasteiger partial charge is 0.369 e. The first-order valence-electron chi connectivity index (χ1n) is 8.57. The fraction of sp³-hybridized carbons (Fsp3) is 0.316. The molecule has 2 N–H and O–H groups in total. The third-order valence-corrected chi connectivity index (χ3v) is 4.89. The molecule has 1 atom stereocenters. The Morgan fingerprint density at radius 3 is 2.92 bits per heavy atom. The Hall–Kier alpha value is -2.54. The summed E-state index contributed by atoms with van der Waals surface area (Å²) in [4.78, 5) is 9.09. The van der Waals surface area contributed by atoms with E-state index in [1.54, 1.807) is 24.5 Å². The summed E-state index contributed by atoms with van der Waals surface area (Å²) in [5.74, 6) is 0. The maximum atomic E-state index is 13.2. The molecule has 4 nitrogen and oxygen atoms in total. The van der Waals surface area contributed by atoms with Crippen molar-refractivity contribution < 1.29 is 13.2 Å². The second-order valence-corrected chi connectivity index (χ2v) is 6.56. The average molecular weight is 360 g/mol. The lowest BCUT2D eigenvalue weighted by molar-refractivity contribution is -0.137. The Labute approximate surface area is 149 Å². The van der Waals surface area contributed by atoms with E-state index in [0.717, 1.165) is 29.0 Å². The summed E-state index contributed by atoms with van der Waals surface area (Å²) in [6.45, 7) is 1.85. The minimum atomic E-state index is -4.33. The number of alkyl halides is 3. The maximum absolute atomic E-state index is 13.2. The van der Waals surface area contributed by atoms with E-state index >= 15 is 0 Å². The van der Waals surface area contributed by atoms with Gasteiger partial charge in [0.15, 0.2) is 0 Å². The van der Waals surface area contributed by atoms with Gasteiger partial charge in [0.05, 0.1) is 17.3 Å². The quantitative estimate of drug-likeness (QED) is 0.740. The van der Waals surface area contributed by atoms with E-state index in [0.29, 0.717) is 19.6 Å². The molecule has 2 aromatic heterocycles. The van der Waals surface area contributed by atoms with Crippen LogP contribution in [0.15, 0.2) is 48.9 Å². The van der Waals surface area contributed by atoms with Crippen molar-refractivity contribution in [2.45, 2.75) is 25.2 Å². The Morgan fingerprint density at radius 1 is 1.23 bits per heavy atom. The van der Waals surface area contributed by atoms with E-state index in [4.69, 9.17) is 0 Å². The van der Waals surface area contributed by atoms with Crippen LogP contribution in [0.25, 0.3) is 10.9 Å². The molecular formula is C19H19F3N4. The number of nitrogens with one attached hydrogen (secondary N) is 2. The Morgan fingerprint density at radius 2 is 2.08 bits per heavy atom. The van der Waals surface area contributed by atoms with Gasteiger partial charge in [0.25, 0.3) is 0 Å². The second kappa shape index (κ2) is 6.64. The number of nitrogens with zero attached hydrogens (tertiary/aromatic N) is 2. The highest BCUT2D eigenvalue weighted by atomic mass is 19.4. The van der Waals surface area contributed by atoms with Gasteiger partial charge in [-0.1, -0.05) is 12.1 Å². The van der Waals surface area contributed by atoms with Crippen LogP contribution >= 0.6 is 0 Å². The van der Waals surface area contributed by atoms with E-state index in [1.165, 1.54) is 6.07 Å². The predicted molar refractivity (Wildman–Crippen MR) is 95.0 cm³/mol. The van der Waals surface area contributed by atoms with Gasteiger partial charge in [-0.2, -0.15) is 13.2 Å². The predicted octanol–water partition coefficient (Wildman–Crippen LogP) is 3.95. The minimum Gasteiger partial charge on any atom is -0.369 e. The Balaban J connectivity index is 1.43. The van der Waals surface area contributed by atoms with Gasteiger partial charge in [0, 0.05) is 49.1 Å². The number of aromatic amines is 1. The van der Waals surface area contributed by atoms with Crippen LogP contribution in [0.3, 0.4) is 0 Å². The summed E-state index contributed by atoms with van der Waals surface area (Å²) < 4.78 is 39.7. The summed E-state index contributed by atoms with van der Waals surface area (Å²) in [5, 5.41) is 4.59. The molecule has 0 aliphatic carbocycles. The molecule has 1 aliphatic rings. The Bertz CT molecular complexity index is 903. The molecule has 0 radical (unpaired) electrons. The standard InChI is InChI=1S/C19H19F3N4/c20-19(21,22)16-3-1-2-4-18(16)26-8-6-14(12-26)24-9-13-10-25-17-11-23-7-5-15(13)17/h1-5,7,10-11,14,24-25H,6,8-9,12H2. The molecule has 3 aromatic rings. The van der Waals surface area contributed by atoms with Crippen LogP contribution in [0.4, 0.5) is 18.9 Å². The summed E-state index contributed by atoms with van der Waals surface area (Å²) in [6.07, 6.45) is 1.97. The first-order valence-corrected chi connectivity index (χ1v) is 8.57. The summed E-state index contributed by atoms with van der Waals surface area (Å²) in [7, 11) is 0. The third kappa shape index (κ3) is 3.26. The number of hydrogen-bond donors (Lipinski definition) is 2. The molecule has 136 valence electrons. The van der Waals surface area contributed by atoms with Crippen molar-refractivity contribution in [1.29, 1.82) is 0 Å². The second-order valence-electron chi connectivity index (χ2n) is 6.56. The molecule has 4 rings (SSSR count). The maximum Gasteiger partial charge on any atom is 0.418 e. The molecule has 1 unspecified atom stereocenters. The number of anilines is 1. The highest BCUT2D eigenvalue weighted by Crippen LogP contribution is 2.37. The van der Waals surface area contributed by atoms with Crippen LogP contribution < -0.4 is 10.2 Å². The zero-order chi connectivity index (χ0) is 18.1. The number of H-pyrrole nitrogens is 1. The zero-order valence-corrected chi connectivity index (χ0v) is 14.1. The van der Waals surface area contributed by atoms with Crippen LogP contribution in [-0.4, -0.2) is 29.1 Å². The molecule has 0 spiro atoms. The number of fused-ring (bicyclic) bond motifs is 1. The van der Waals surface area contributed by atoms with Crippen LogP contribution in [0, 0.1) is 0 Å². The first kappa shape index (κ1) is 16.9. The fourth-order valence-corrected chi connectivity index (χ4v) is 3.57. The van der Waals surface area contributed by atoms with Crippen molar-refractivity contribution in [3.8, 4) is 0 Å². The number of para-hydroxylation sites is 1. The molecule has 1 aromatic carbocycles. The average Bonchev–Trinajstić information content (AvgIpc) is 3.26. The number of pyridine rings is 1. The normalized spacial score (nSPS) is 18.0. The molecule has 7 heteroatoms. The molecule has 0 bridgehead atoms. The van der Waals surface area contributed by atoms with E-state index in [1.807, 2.05) is 17.2 Å². The lowest BCUT2D eigenvalue weighted by atomic mass is 10.1. The molecule has 1 aliphatic heterocycles. The van der Waals surface area contributed by atoms with E-state index in [2.05, 4.69) is 15.3 Å². The van der Waals surface area contributed by atoms with Gasteiger partial charge < -0.3 is 15.2 Å². The highest BCUT2D eigenvalue weighted by Gasteiger charge is 2.36. The van der Waals surface area contributed by atoms with Gasteiger partial charge in [0.1, 0.15) is 0 Å². The van der Waals surface area contributed by atoms with Gasteiger partial charge in [-0.25, -0.2) is 0 Å². The number of hydrogen-bond acceptors (Lipinski definition) is 3. The highest BCUT2D eigenvalue weighted by molar-refractivity contribution is 5.82. The molecule has 0 saturated carbocycles. The molecular weight excluding hydrogens is 341 g/mol. The SMILES string of the molecule is FC(F)(F)c1ccccc1N1CCC(NCc2c[nH]c3cnccc23)C1. The number of rotatable bonds is 4. The molecule has 1 fully saturated rings. The summed E-state index contributed by atoms with van der Waals surface area (Å²) >= 11 is 0. The molecule has 1 saturated heterocycles. The van der Waals surface area contributed by atoms with Crippen LogP contribution in [-0.2, 0) is 12.7 Å². The van der Waals surface area contributed by atoms with Crippen molar-refractivity contribution in [3.05, 3.63) is 60.0 Å². The fourth-order valence-electron chi connectivity index (χ4n) is 3.57. The summed E-state index contributed by atoms with van der Waals surface area (Å²) in [5.41, 5.74) is 1.82. The van der Waals surface area contributed by atoms with Gasteiger partial charge >= 0.3 is 6.18 Å². The monoisotopic (exact) mass is 360 g/mol. The molecule has 0 amide bonds. The minimum absolute atomic E-state index is 0.156. The third-order valence-electron chi connectivity index (χ3n) is 4.89. The van der Waals surface area contributed by atoms with Gasteiger partial charge in [-0.3, -0.25) is 4.98 Å². The number of benzene rings is 1. The van der Waals surface area contributed by atoms with E-state index < -0.39 is 11.7 Å². The van der Waals surface area contributed by atoms with Crippen molar-refractivity contribution in [2.75, 3.05) is 18.0 Å². The van der Waals surface area contributed by atoms with Gasteiger partial charge in [-0.15, -0.1) is 0 Å². The largest absolute Gasteiger partial charge is 0.418 e.